The number of hydrogen-bond acceptors (Lipinski definition) is 3. The summed E-state index contributed by atoms with van der Waals surface area (Å²) >= 11 is 0. The van der Waals surface area contributed by atoms with Gasteiger partial charge in [-0.1, -0.05) is 30.2 Å². The maximum Gasteiger partial charge on any atom is 0.148 e. The second-order valence-electron chi connectivity index (χ2n) is 7.65. The molecule has 0 amide bonds. The summed E-state index contributed by atoms with van der Waals surface area (Å²) < 4.78 is 19.2. The van der Waals surface area contributed by atoms with Crippen molar-refractivity contribution in [3.63, 3.8) is 0 Å². The van der Waals surface area contributed by atoms with Crippen LogP contribution in [-0.2, 0) is 12.1 Å². The van der Waals surface area contributed by atoms with Gasteiger partial charge in [-0.3, -0.25) is 4.90 Å². The van der Waals surface area contributed by atoms with Gasteiger partial charge in [0.05, 0.1) is 5.60 Å². The van der Waals surface area contributed by atoms with Gasteiger partial charge in [0.25, 0.3) is 0 Å². The molecule has 2 heterocycles. The fraction of sp³-hybridized carbons (Fsp3) is 0.391. The highest BCUT2D eigenvalue weighted by atomic mass is 19.1. The first kappa shape index (κ1) is 18.0. The Morgan fingerprint density at radius 3 is 2.59 bits per heavy atom. The van der Waals surface area contributed by atoms with Crippen molar-refractivity contribution in [1.82, 2.24) is 4.90 Å². The second kappa shape index (κ2) is 7.34. The molecule has 2 saturated heterocycles. The first-order chi connectivity index (χ1) is 13.1. The minimum absolute atomic E-state index is 0.263. The minimum Gasteiger partial charge on any atom is -0.481 e. The van der Waals surface area contributed by atoms with Crippen molar-refractivity contribution in [2.24, 2.45) is 0 Å². The van der Waals surface area contributed by atoms with Crippen LogP contribution in [-0.4, -0.2) is 28.7 Å². The molecule has 2 fully saturated rings. The standard InChI is InChI=1S/C23H24FNO2/c1-2-11-27-22-8-3-5-17(12-22)16-25-20-9-10-21(25)15-23(26,14-20)18-6-4-7-19(24)13-18/h1,3-8,12-13,20-21,26H,9-11,14-16H2/t20-,21+,23?. The molecule has 0 aromatic heterocycles. The summed E-state index contributed by atoms with van der Waals surface area (Å²) in [6, 6.07) is 15.0. The van der Waals surface area contributed by atoms with Gasteiger partial charge >= 0.3 is 0 Å². The zero-order chi connectivity index (χ0) is 18.9. The van der Waals surface area contributed by atoms with Gasteiger partial charge < -0.3 is 9.84 Å². The van der Waals surface area contributed by atoms with Crippen LogP contribution in [0.15, 0.2) is 48.5 Å². The molecule has 0 spiro atoms. The summed E-state index contributed by atoms with van der Waals surface area (Å²) in [5, 5.41) is 11.2. The van der Waals surface area contributed by atoms with Crippen molar-refractivity contribution in [2.75, 3.05) is 6.61 Å². The molecule has 3 nitrogen and oxygen atoms in total. The summed E-state index contributed by atoms with van der Waals surface area (Å²) in [7, 11) is 0. The molecule has 2 bridgehead atoms. The molecular formula is C23H24FNO2. The number of benzene rings is 2. The van der Waals surface area contributed by atoms with Gasteiger partial charge in [-0.25, -0.2) is 4.39 Å². The van der Waals surface area contributed by atoms with Crippen LogP contribution in [0, 0.1) is 18.2 Å². The molecule has 0 radical (unpaired) electrons. The average molecular weight is 365 g/mol. The van der Waals surface area contributed by atoms with Crippen LogP contribution in [0.1, 0.15) is 36.8 Å². The number of ether oxygens (including phenoxy) is 1. The molecule has 1 unspecified atom stereocenters. The topological polar surface area (TPSA) is 32.7 Å². The predicted molar refractivity (Wildman–Crippen MR) is 103 cm³/mol. The number of aliphatic hydroxyl groups is 1. The van der Waals surface area contributed by atoms with E-state index in [0.717, 1.165) is 25.1 Å². The zero-order valence-corrected chi connectivity index (χ0v) is 15.3. The van der Waals surface area contributed by atoms with Crippen molar-refractivity contribution in [3.05, 3.63) is 65.5 Å². The smallest absolute Gasteiger partial charge is 0.148 e. The lowest BCUT2D eigenvalue weighted by Crippen LogP contribution is -2.49. The fourth-order valence-electron chi connectivity index (χ4n) is 4.66. The Balaban J connectivity index is 1.49. The number of terminal acetylenes is 1. The maximum atomic E-state index is 13.6. The molecule has 3 atom stereocenters. The van der Waals surface area contributed by atoms with E-state index in [1.165, 1.54) is 17.7 Å². The molecule has 0 aliphatic carbocycles. The Morgan fingerprint density at radius 2 is 1.89 bits per heavy atom. The summed E-state index contributed by atoms with van der Waals surface area (Å²) in [6.07, 6.45) is 8.67. The van der Waals surface area contributed by atoms with E-state index in [4.69, 9.17) is 11.2 Å². The Morgan fingerprint density at radius 1 is 1.15 bits per heavy atom. The first-order valence-corrected chi connectivity index (χ1v) is 9.47. The molecule has 4 rings (SSSR count). The Bertz CT molecular complexity index is 845. The van der Waals surface area contributed by atoms with Crippen molar-refractivity contribution in [2.45, 2.75) is 49.9 Å². The second-order valence-corrected chi connectivity index (χ2v) is 7.65. The molecular weight excluding hydrogens is 341 g/mol. The quantitative estimate of drug-likeness (QED) is 0.817. The van der Waals surface area contributed by atoms with Crippen LogP contribution in [0.5, 0.6) is 5.75 Å². The highest BCUT2D eigenvalue weighted by Crippen LogP contribution is 2.46. The third-order valence-electron chi connectivity index (χ3n) is 5.87. The molecule has 140 valence electrons. The van der Waals surface area contributed by atoms with Crippen molar-refractivity contribution >= 4 is 0 Å². The molecule has 2 aromatic rings. The molecule has 4 heteroatoms. The average Bonchev–Trinajstić information content (AvgIpc) is 2.90. The lowest BCUT2D eigenvalue weighted by atomic mass is 9.80. The van der Waals surface area contributed by atoms with Crippen LogP contribution in [0.3, 0.4) is 0 Å². The molecule has 1 N–H and O–H groups in total. The number of fused-ring (bicyclic) bond motifs is 2. The van der Waals surface area contributed by atoms with E-state index < -0.39 is 5.60 Å². The predicted octanol–water partition coefficient (Wildman–Crippen LogP) is 3.85. The lowest BCUT2D eigenvalue weighted by Gasteiger charge is -2.44. The van der Waals surface area contributed by atoms with E-state index in [-0.39, 0.29) is 12.4 Å². The summed E-state index contributed by atoms with van der Waals surface area (Å²) in [6.45, 7) is 1.08. The summed E-state index contributed by atoms with van der Waals surface area (Å²) in [5.74, 6) is 2.97. The molecule has 0 saturated carbocycles. The Labute approximate surface area is 159 Å². The van der Waals surface area contributed by atoms with E-state index in [9.17, 15) is 9.50 Å². The highest BCUT2D eigenvalue weighted by molar-refractivity contribution is 5.30. The Hall–Kier alpha value is -2.35. The van der Waals surface area contributed by atoms with Gasteiger partial charge in [0.15, 0.2) is 0 Å². The van der Waals surface area contributed by atoms with Crippen LogP contribution in [0.4, 0.5) is 4.39 Å². The van der Waals surface area contributed by atoms with E-state index in [0.29, 0.717) is 30.5 Å². The number of hydrogen-bond donors (Lipinski definition) is 1. The number of nitrogens with zero attached hydrogens (tertiary/aromatic N) is 1. The zero-order valence-electron chi connectivity index (χ0n) is 15.3. The van der Waals surface area contributed by atoms with Gasteiger partial charge in [0.2, 0.25) is 0 Å². The van der Waals surface area contributed by atoms with Gasteiger partial charge in [0, 0.05) is 18.6 Å². The molecule has 2 aromatic carbocycles. The Kier molecular flexibility index (Phi) is 4.90. The van der Waals surface area contributed by atoms with E-state index in [1.807, 2.05) is 24.3 Å². The third kappa shape index (κ3) is 3.71. The SMILES string of the molecule is C#CCOc1cccc(CN2[C@@H]3CC[C@H]2CC(O)(c2cccc(F)c2)C3)c1. The number of halogens is 1. The number of rotatable bonds is 5. The van der Waals surface area contributed by atoms with E-state index in [1.54, 1.807) is 6.07 Å². The van der Waals surface area contributed by atoms with Crippen LogP contribution >= 0.6 is 0 Å². The summed E-state index contributed by atoms with van der Waals surface area (Å²) in [5.41, 5.74) is 0.934. The van der Waals surface area contributed by atoms with Gasteiger partial charge in [-0.15, -0.1) is 6.42 Å². The maximum absolute atomic E-state index is 13.6. The van der Waals surface area contributed by atoms with Crippen LogP contribution < -0.4 is 4.74 Å². The molecule has 27 heavy (non-hydrogen) atoms. The van der Waals surface area contributed by atoms with Crippen molar-refractivity contribution < 1.29 is 14.2 Å². The van der Waals surface area contributed by atoms with Crippen molar-refractivity contribution in [1.29, 1.82) is 0 Å². The largest absolute Gasteiger partial charge is 0.481 e. The van der Waals surface area contributed by atoms with Crippen molar-refractivity contribution in [3.8, 4) is 18.1 Å². The normalized spacial score (nSPS) is 27.3. The van der Waals surface area contributed by atoms with Gasteiger partial charge in [-0.2, -0.15) is 0 Å². The van der Waals surface area contributed by atoms with Gasteiger partial charge in [0.1, 0.15) is 18.2 Å². The van der Waals surface area contributed by atoms with Gasteiger partial charge in [-0.05, 0) is 61.1 Å². The lowest BCUT2D eigenvalue weighted by molar-refractivity contribution is -0.0596. The van der Waals surface area contributed by atoms with E-state index >= 15 is 0 Å². The summed E-state index contributed by atoms with van der Waals surface area (Å²) in [4.78, 5) is 2.48. The molecule has 2 aliphatic heterocycles. The monoisotopic (exact) mass is 365 g/mol. The molecule has 2 aliphatic rings. The highest BCUT2D eigenvalue weighted by Gasteiger charge is 2.48. The number of piperidine rings is 1. The first-order valence-electron chi connectivity index (χ1n) is 9.47. The fourth-order valence-corrected chi connectivity index (χ4v) is 4.66. The van der Waals surface area contributed by atoms with Crippen LogP contribution in [0.2, 0.25) is 0 Å². The third-order valence-corrected chi connectivity index (χ3v) is 5.87. The van der Waals surface area contributed by atoms with Crippen LogP contribution in [0.25, 0.3) is 0 Å². The minimum atomic E-state index is -0.942. The van der Waals surface area contributed by atoms with E-state index in [2.05, 4.69) is 16.9 Å².